The number of aromatic nitrogens is 1. The molecule has 5 rings (SSSR count). The van der Waals surface area contributed by atoms with Crippen LogP contribution >= 0.6 is 11.3 Å². The van der Waals surface area contributed by atoms with Gasteiger partial charge in [0, 0.05) is 44.0 Å². The zero-order valence-electron chi connectivity index (χ0n) is 20.1. The number of hydrogen-bond acceptors (Lipinski definition) is 6. The van der Waals surface area contributed by atoms with Crippen LogP contribution < -0.4 is 20.0 Å². The second kappa shape index (κ2) is 8.83. The van der Waals surface area contributed by atoms with Gasteiger partial charge in [-0.1, -0.05) is 0 Å². The Morgan fingerprint density at radius 3 is 2.35 bits per heavy atom. The minimum absolute atomic E-state index is 0.207. The van der Waals surface area contributed by atoms with Crippen molar-refractivity contribution in [3.05, 3.63) is 40.7 Å². The van der Waals surface area contributed by atoms with E-state index in [-0.39, 0.29) is 12.2 Å². The smallest absolute Gasteiger partial charge is 0.277 e. The largest absolute Gasteiger partial charge is 0.369 e. The summed E-state index contributed by atoms with van der Waals surface area (Å²) < 4.78 is 34.1. The van der Waals surface area contributed by atoms with E-state index >= 15 is 0 Å². The van der Waals surface area contributed by atoms with E-state index in [0.717, 1.165) is 40.3 Å². The molecule has 0 aromatic heterocycles. The summed E-state index contributed by atoms with van der Waals surface area (Å²) in [5.41, 5.74) is 5.47. The number of hydrogen-bond donors (Lipinski definition) is 1. The molecule has 2 N–H and O–H groups in total. The molecular formula is C24H32N5O3S2+. The third kappa shape index (κ3) is 4.57. The Kier molecular flexibility index (Phi) is 6.14. The summed E-state index contributed by atoms with van der Waals surface area (Å²) in [5, 5.41) is 6.52. The summed E-state index contributed by atoms with van der Waals surface area (Å²) in [4.78, 5) is 8.46. The van der Waals surface area contributed by atoms with Gasteiger partial charge in [0.15, 0.2) is 13.1 Å². The molecule has 10 heteroatoms. The van der Waals surface area contributed by atoms with Gasteiger partial charge >= 0.3 is 0 Å². The first kappa shape index (κ1) is 23.6. The van der Waals surface area contributed by atoms with E-state index in [1.807, 2.05) is 0 Å². The van der Waals surface area contributed by atoms with Gasteiger partial charge in [0.25, 0.3) is 10.2 Å². The van der Waals surface area contributed by atoms with Crippen LogP contribution in [0.2, 0.25) is 0 Å². The predicted molar refractivity (Wildman–Crippen MR) is 138 cm³/mol. The van der Waals surface area contributed by atoms with E-state index in [9.17, 15) is 8.42 Å². The summed E-state index contributed by atoms with van der Waals surface area (Å²) in [6.45, 7) is 12.3. The molecule has 0 spiro atoms. The molecule has 0 amide bonds. The quantitative estimate of drug-likeness (QED) is 0.427. The van der Waals surface area contributed by atoms with Crippen molar-refractivity contribution >= 4 is 37.5 Å². The normalized spacial score (nSPS) is 22.6. The van der Waals surface area contributed by atoms with Crippen LogP contribution in [-0.2, 0) is 14.9 Å². The molecule has 3 heterocycles. The first-order valence-electron chi connectivity index (χ1n) is 11.7. The molecular weight excluding hydrogens is 470 g/mol. The minimum atomic E-state index is -3.64. The Bertz CT molecular complexity index is 1380. The molecule has 0 bridgehead atoms. The second-order valence-corrected chi connectivity index (χ2v) is 12.2. The number of piperazine rings is 1. The molecule has 0 unspecified atom stereocenters. The number of benzene rings is 2. The summed E-state index contributed by atoms with van der Waals surface area (Å²) in [6.07, 6.45) is 0.413. The average molecular weight is 503 g/mol. The lowest BCUT2D eigenvalue weighted by Crippen LogP contribution is -2.50. The fraction of sp³-hybridized carbons (Fsp3) is 0.500. The molecule has 1 aromatic rings. The molecule has 34 heavy (non-hydrogen) atoms. The Labute approximate surface area is 204 Å². The van der Waals surface area contributed by atoms with E-state index in [1.165, 1.54) is 20.1 Å². The topological polar surface area (TPSA) is 91.8 Å². The van der Waals surface area contributed by atoms with E-state index < -0.39 is 10.2 Å². The van der Waals surface area contributed by atoms with Crippen molar-refractivity contribution in [1.29, 1.82) is 0 Å². The number of nitrogens with two attached hydrogens (primary N) is 1. The van der Waals surface area contributed by atoms with Gasteiger partial charge in [0.1, 0.15) is 12.2 Å². The van der Waals surface area contributed by atoms with Gasteiger partial charge in [-0.15, -0.1) is 11.3 Å². The lowest BCUT2D eigenvalue weighted by atomic mass is 10.1. The molecule has 2 fully saturated rings. The zero-order chi connectivity index (χ0) is 24.2. The van der Waals surface area contributed by atoms with Crippen LogP contribution in [0, 0.1) is 13.8 Å². The van der Waals surface area contributed by atoms with Gasteiger partial charge in [0.2, 0.25) is 5.36 Å². The lowest BCUT2D eigenvalue weighted by molar-refractivity contribution is -0.0262. The van der Waals surface area contributed by atoms with Crippen LogP contribution in [0.1, 0.15) is 25.0 Å². The number of ether oxygens (including phenoxy) is 1. The fourth-order valence-electron chi connectivity index (χ4n) is 5.08. The van der Waals surface area contributed by atoms with Crippen LogP contribution in [0.25, 0.3) is 20.8 Å². The number of aryl methyl sites for hydroxylation is 2. The summed E-state index contributed by atoms with van der Waals surface area (Å²) in [7, 11) is -3.64. The highest BCUT2D eigenvalue weighted by atomic mass is 32.2. The van der Waals surface area contributed by atoms with Crippen molar-refractivity contribution in [3.63, 3.8) is 0 Å². The van der Waals surface area contributed by atoms with Gasteiger partial charge in [-0.25, -0.2) is 14.7 Å². The van der Waals surface area contributed by atoms with Crippen LogP contribution in [0.5, 0.6) is 0 Å². The number of fused-ring (bicyclic) bond motifs is 2. The summed E-state index contributed by atoms with van der Waals surface area (Å²) >= 11 is 1.77. The minimum Gasteiger partial charge on any atom is -0.369 e. The first-order valence-corrected chi connectivity index (χ1v) is 14.0. The Morgan fingerprint density at radius 2 is 1.71 bits per heavy atom. The predicted octanol–water partition coefficient (Wildman–Crippen LogP) is 1.92. The van der Waals surface area contributed by atoms with Crippen molar-refractivity contribution < 1.29 is 13.2 Å². The van der Waals surface area contributed by atoms with Crippen LogP contribution in [-0.4, -0.2) is 69.2 Å². The molecule has 182 valence electrons. The van der Waals surface area contributed by atoms with Gasteiger partial charge < -0.3 is 9.64 Å². The van der Waals surface area contributed by atoms with Crippen molar-refractivity contribution in [2.45, 2.75) is 39.9 Å². The highest BCUT2D eigenvalue weighted by Gasteiger charge is 2.27. The standard InChI is InChI=1S/C24H32N5O3S2/c1-15-9-19(27-5-7-29(8-6-27)34(25,30)31)11-21-23(15)26-24-16(2)10-20(12-22(24)33-21)28-13-17(3)32-18(4)14-28/h9-12,17-18H,5-8,13-14H2,1-4H3,(H2,25,30,31)/q+1/t17-,18-/m1/s1. The van der Waals surface area contributed by atoms with Crippen LogP contribution in [0.15, 0.2) is 24.3 Å². The second-order valence-electron chi connectivity index (χ2n) is 9.53. The van der Waals surface area contributed by atoms with E-state index in [1.54, 1.807) is 11.3 Å². The highest BCUT2D eigenvalue weighted by molar-refractivity contribution is 7.86. The molecule has 8 nitrogen and oxygen atoms in total. The highest BCUT2D eigenvalue weighted by Crippen LogP contribution is 2.35. The van der Waals surface area contributed by atoms with Crippen molar-refractivity contribution in [1.82, 2.24) is 13.9 Å². The Balaban J connectivity index is 1.56. The maximum Gasteiger partial charge on any atom is 0.277 e. The maximum atomic E-state index is 11.7. The van der Waals surface area contributed by atoms with Crippen molar-refractivity contribution in [2.24, 2.45) is 5.14 Å². The van der Waals surface area contributed by atoms with Gasteiger partial charge in [-0.05, 0) is 51.0 Å². The number of nitrogens with zero attached hydrogens (tertiary/aromatic N) is 4. The maximum absolute atomic E-state index is 11.7. The molecule has 0 radical (unpaired) electrons. The number of anilines is 1. The zero-order valence-corrected chi connectivity index (χ0v) is 21.7. The molecule has 2 atom stereocenters. The van der Waals surface area contributed by atoms with Crippen molar-refractivity contribution in [3.8, 4) is 10.6 Å². The van der Waals surface area contributed by atoms with Gasteiger partial charge in [0.05, 0.1) is 20.8 Å². The summed E-state index contributed by atoms with van der Waals surface area (Å²) in [5.74, 6) is 0. The van der Waals surface area contributed by atoms with Crippen molar-refractivity contribution in [2.75, 3.05) is 44.2 Å². The molecule has 1 aromatic carbocycles. The monoisotopic (exact) mass is 502 g/mol. The third-order valence-corrected chi connectivity index (χ3v) is 8.84. The Hall–Kier alpha value is -2.11. The molecule has 0 saturated carbocycles. The van der Waals surface area contributed by atoms with Gasteiger partial charge in [-0.3, -0.25) is 0 Å². The molecule has 2 saturated heterocycles. The fourth-order valence-corrected chi connectivity index (χ4v) is 6.96. The molecule has 4 aliphatic rings. The van der Waals surface area contributed by atoms with Crippen LogP contribution in [0.4, 0.5) is 5.69 Å². The van der Waals surface area contributed by atoms with Crippen LogP contribution in [0.3, 0.4) is 0 Å². The van der Waals surface area contributed by atoms with E-state index in [0.29, 0.717) is 26.2 Å². The van der Waals surface area contributed by atoms with E-state index in [4.69, 9.17) is 14.9 Å². The number of rotatable bonds is 2. The SMILES string of the molecule is Cc1cc(=[N+]2C[C@@H](C)O[C@H](C)C2)cc2sc3cc(N4CCN(S(N)(=O)=O)CC4)cc(C)c3nc1-2. The molecule has 3 aliphatic heterocycles. The first-order chi connectivity index (χ1) is 16.1. The average Bonchev–Trinajstić information content (AvgIpc) is 2.77. The van der Waals surface area contributed by atoms with Gasteiger partial charge in [-0.2, -0.15) is 12.7 Å². The number of morpholine rings is 1. The Morgan fingerprint density at radius 1 is 1.03 bits per heavy atom. The lowest BCUT2D eigenvalue weighted by Gasteiger charge is -2.34. The van der Waals surface area contributed by atoms with E-state index in [2.05, 4.69) is 61.4 Å². The third-order valence-electron chi connectivity index (χ3n) is 6.69. The molecule has 1 aliphatic carbocycles. The summed E-state index contributed by atoms with van der Waals surface area (Å²) in [6, 6.07) is 8.85.